The number of amides is 2. The fourth-order valence-corrected chi connectivity index (χ4v) is 6.50. The predicted molar refractivity (Wildman–Crippen MR) is 174 cm³/mol. The Morgan fingerprint density at radius 3 is 2.26 bits per heavy atom. The van der Waals surface area contributed by atoms with Crippen LogP contribution in [-0.2, 0) is 26.2 Å². The van der Waals surface area contributed by atoms with Crippen LogP contribution in [0.3, 0.4) is 0 Å². The molecule has 3 aromatic carbocycles. The second-order valence-corrected chi connectivity index (χ2v) is 13.0. The van der Waals surface area contributed by atoms with Gasteiger partial charge >= 0.3 is 0 Å². The first-order chi connectivity index (χ1) is 20.7. The number of sulfonamides is 1. The zero-order valence-corrected chi connectivity index (χ0v) is 27.5. The van der Waals surface area contributed by atoms with Crippen molar-refractivity contribution in [3.63, 3.8) is 0 Å². The van der Waals surface area contributed by atoms with Gasteiger partial charge in [-0.05, 0) is 80.1 Å². The Kier molecular flexibility index (Phi) is 13.2. The van der Waals surface area contributed by atoms with E-state index in [-0.39, 0.29) is 23.0 Å². The molecule has 1 atom stereocenters. The van der Waals surface area contributed by atoms with Gasteiger partial charge in [0.05, 0.1) is 17.2 Å². The summed E-state index contributed by atoms with van der Waals surface area (Å²) < 4.78 is 35.2. The highest BCUT2D eigenvalue weighted by Crippen LogP contribution is 2.33. The van der Waals surface area contributed by atoms with Gasteiger partial charge in [0.1, 0.15) is 18.3 Å². The van der Waals surface area contributed by atoms with Crippen molar-refractivity contribution in [1.29, 1.82) is 0 Å². The van der Waals surface area contributed by atoms with Gasteiger partial charge in [0.25, 0.3) is 10.0 Å². The van der Waals surface area contributed by atoms with E-state index < -0.39 is 28.5 Å². The average molecular weight is 646 g/mol. The molecule has 3 aromatic rings. The van der Waals surface area contributed by atoms with Crippen molar-refractivity contribution in [2.75, 3.05) is 30.3 Å². The molecular formula is C32H40ClN3O5S2. The minimum atomic E-state index is -4.22. The van der Waals surface area contributed by atoms with Gasteiger partial charge < -0.3 is 15.0 Å². The Hall–Kier alpha value is -3.21. The monoisotopic (exact) mass is 645 g/mol. The van der Waals surface area contributed by atoms with Crippen LogP contribution in [0.15, 0.2) is 82.6 Å². The summed E-state index contributed by atoms with van der Waals surface area (Å²) in [6.07, 6.45) is 3.97. The molecule has 0 saturated carbocycles. The van der Waals surface area contributed by atoms with Crippen molar-refractivity contribution >= 4 is 50.9 Å². The third-order valence-electron chi connectivity index (χ3n) is 6.84. The number of nitrogens with zero attached hydrogens (tertiary/aromatic N) is 2. The van der Waals surface area contributed by atoms with Gasteiger partial charge in [0.2, 0.25) is 11.8 Å². The first kappa shape index (κ1) is 34.3. The van der Waals surface area contributed by atoms with E-state index >= 15 is 0 Å². The Bertz CT molecular complexity index is 1450. The largest absolute Gasteiger partial charge is 0.492 e. The fourth-order valence-electron chi connectivity index (χ4n) is 4.54. The minimum absolute atomic E-state index is 0.0398. The highest BCUT2D eigenvalue weighted by Gasteiger charge is 2.34. The average Bonchev–Trinajstić information content (AvgIpc) is 3.01. The highest BCUT2D eigenvalue weighted by molar-refractivity contribution is 7.98. The molecule has 232 valence electrons. The summed E-state index contributed by atoms with van der Waals surface area (Å²) in [5.74, 6) is -0.478. The number of nitrogens with one attached hydrogen (secondary N) is 1. The summed E-state index contributed by atoms with van der Waals surface area (Å²) in [4.78, 5) is 30.0. The Labute approximate surface area is 264 Å². The lowest BCUT2D eigenvalue weighted by molar-refractivity contribution is -0.140. The summed E-state index contributed by atoms with van der Waals surface area (Å²) >= 11 is 7.59. The van der Waals surface area contributed by atoms with E-state index in [1.807, 2.05) is 20.1 Å². The third-order valence-corrected chi connectivity index (χ3v) is 9.61. The number of hydrogen-bond acceptors (Lipinski definition) is 6. The van der Waals surface area contributed by atoms with Crippen molar-refractivity contribution in [3.8, 4) is 5.75 Å². The molecule has 0 radical (unpaired) electrons. The number of carbonyl (C=O) groups is 2. The van der Waals surface area contributed by atoms with Crippen molar-refractivity contribution in [2.24, 2.45) is 0 Å². The fraction of sp³-hybridized carbons (Fsp3) is 0.375. The molecule has 3 rings (SSSR count). The zero-order valence-electron chi connectivity index (χ0n) is 25.1. The van der Waals surface area contributed by atoms with E-state index in [9.17, 15) is 18.0 Å². The summed E-state index contributed by atoms with van der Waals surface area (Å²) in [6.45, 7) is 6.02. The highest BCUT2D eigenvalue weighted by atomic mass is 35.5. The summed E-state index contributed by atoms with van der Waals surface area (Å²) in [6, 6.07) is 19.4. The maximum absolute atomic E-state index is 14.3. The van der Waals surface area contributed by atoms with Crippen LogP contribution in [0.1, 0.15) is 45.6 Å². The molecule has 0 aliphatic heterocycles. The SMILES string of the molecule is CCCCNC(=O)[C@H](CC)N(Cc1ccc(Cl)cc1)C(=O)CN(c1ccccc1OCC)S(=O)(=O)c1ccc(SC)cc1. The van der Waals surface area contributed by atoms with E-state index in [0.717, 1.165) is 27.6 Å². The standard InChI is InChI=1S/C32H40ClN3O5S2/c1-5-8-21-34-32(38)28(6-2)35(22-24-13-15-25(33)16-14-24)31(37)23-36(29-11-9-10-12-30(29)41-7-3)43(39,40)27-19-17-26(42-4)18-20-27/h9-20,28H,5-8,21-23H2,1-4H3,(H,34,38)/t28-/m0/s1. The predicted octanol–water partition coefficient (Wildman–Crippen LogP) is 6.38. The first-order valence-corrected chi connectivity index (χ1v) is 17.4. The molecule has 0 fully saturated rings. The van der Waals surface area contributed by atoms with Crippen molar-refractivity contribution in [1.82, 2.24) is 10.2 Å². The van der Waals surface area contributed by atoms with Crippen LogP contribution >= 0.6 is 23.4 Å². The Morgan fingerprint density at radius 2 is 1.65 bits per heavy atom. The van der Waals surface area contributed by atoms with Crippen LogP contribution < -0.4 is 14.4 Å². The molecule has 8 nitrogen and oxygen atoms in total. The molecule has 11 heteroatoms. The van der Waals surface area contributed by atoms with Crippen LogP contribution in [0.5, 0.6) is 5.75 Å². The second-order valence-electron chi connectivity index (χ2n) is 9.80. The molecule has 0 unspecified atom stereocenters. The Morgan fingerprint density at radius 1 is 0.977 bits per heavy atom. The van der Waals surface area contributed by atoms with E-state index in [4.69, 9.17) is 16.3 Å². The lowest BCUT2D eigenvalue weighted by Gasteiger charge is -2.33. The number of para-hydroxylation sites is 2. The number of benzene rings is 3. The third kappa shape index (κ3) is 9.14. The summed E-state index contributed by atoms with van der Waals surface area (Å²) in [5, 5.41) is 3.48. The zero-order chi connectivity index (χ0) is 31.4. The molecule has 2 amide bonds. The smallest absolute Gasteiger partial charge is 0.264 e. The summed E-state index contributed by atoms with van der Waals surface area (Å²) in [7, 11) is -4.22. The number of rotatable bonds is 16. The lowest BCUT2D eigenvalue weighted by Crippen LogP contribution is -2.52. The number of unbranched alkanes of at least 4 members (excludes halogenated alkanes) is 1. The van der Waals surface area contributed by atoms with Crippen molar-refractivity contribution in [3.05, 3.63) is 83.4 Å². The van der Waals surface area contributed by atoms with Gasteiger partial charge in [0.15, 0.2) is 0 Å². The molecule has 0 aliphatic rings. The van der Waals surface area contributed by atoms with Gasteiger partial charge in [-0.3, -0.25) is 13.9 Å². The van der Waals surface area contributed by atoms with Gasteiger partial charge in [0, 0.05) is 23.0 Å². The minimum Gasteiger partial charge on any atom is -0.492 e. The molecule has 0 aromatic heterocycles. The number of anilines is 1. The number of ether oxygens (including phenoxy) is 1. The van der Waals surface area contributed by atoms with Gasteiger partial charge in [-0.15, -0.1) is 11.8 Å². The van der Waals surface area contributed by atoms with Crippen LogP contribution in [0, 0.1) is 0 Å². The van der Waals surface area contributed by atoms with Gasteiger partial charge in [-0.2, -0.15) is 0 Å². The molecule has 43 heavy (non-hydrogen) atoms. The molecule has 0 spiro atoms. The van der Waals surface area contributed by atoms with Crippen LogP contribution in [0.4, 0.5) is 5.69 Å². The number of hydrogen-bond donors (Lipinski definition) is 1. The molecular weight excluding hydrogens is 606 g/mol. The first-order valence-electron chi connectivity index (χ1n) is 14.4. The lowest BCUT2D eigenvalue weighted by atomic mass is 10.1. The van der Waals surface area contributed by atoms with Gasteiger partial charge in [-0.1, -0.05) is 56.1 Å². The van der Waals surface area contributed by atoms with Crippen molar-refractivity contribution < 1.29 is 22.7 Å². The normalized spacial score (nSPS) is 11.9. The molecule has 0 aliphatic carbocycles. The maximum Gasteiger partial charge on any atom is 0.264 e. The van der Waals surface area contributed by atoms with Crippen LogP contribution in [-0.4, -0.2) is 57.1 Å². The molecule has 0 saturated heterocycles. The van der Waals surface area contributed by atoms with Crippen LogP contribution in [0.25, 0.3) is 0 Å². The van der Waals surface area contributed by atoms with Crippen LogP contribution in [0.2, 0.25) is 5.02 Å². The number of carbonyl (C=O) groups excluding carboxylic acids is 2. The van der Waals surface area contributed by atoms with Gasteiger partial charge in [-0.25, -0.2) is 8.42 Å². The quantitative estimate of drug-likeness (QED) is 0.143. The van der Waals surface area contributed by atoms with E-state index in [1.54, 1.807) is 67.6 Å². The van der Waals surface area contributed by atoms with Crippen molar-refractivity contribution in [2.45, 2.75) is 62.4 Å². The number of thioether (sulfide) groups is 1. The topological polar surface area (TPSA) is 96.0 Å². The second kappa shape index (κ2) is 16.6. The van der Waals surface area contributed by atoms with E-state index in [0.29, 0.717) is 30.3 Å². The molecule has 0 heterocycles. The Balaban J connectivity index is 2.08. The number of halogens is 1. The molecule has 0 bridgehead atoms. The molecule has 1 N–H and O–H groups in total. The van der Waals surface area contributed by atoms with E-state index in [1.165, 1.54) is 28.8 Å². The van der Waals surface area contributed by atoms with E-state index in [2.05, 4.69) is 5.32 Å². The summed E-state index contributed by atoms with van der Waals surface area (Å²) in [5.41, 5.74) is 0.993. The maximum atomic E-state index is 14.3.